The number of aryl methyl sites for hydroxylation is 1. The summed E-state index contributed by atoms with van der Waals surface area (Å²) < 4.78 is 6.93. The van der Waals surface area contributed by atoms with Crippen molar-refractivity contribution in [3.8, 4) is 17.0 Å². The molecule has 1 aromatic heterocycles. The van der Waals surface area contributed by atoms with E-state index in [2.05, 4.69) is 18.9 Å². The van der Waals surface area contributed by atoms with Gasteiger partial charge in [0.05, 0.1) is 12.8 Å². The molecule has 1 aromatic carbocycles. The third kappa shape index (κ3) is 2.52. The second-order valence-electron chi connectivity index (χ2n) is 4.96. The minimum atomic E-state index is -1.04. The average Bonchev–Trinajstić information content (AvgIpc) is 2.80. The second-order valence-corrected chi connectivity index (χ2v) is 4.96. The van der Waals surface area contributed by atoms with Crippen LogP contribution in [0.2, 0.25) is 0 Å². The fourth-order valence-corrected chi connectivity index (χ4v) is 2.11. The first-order chi connectivity index (χ1) is 9.43. The van der Waals surface area contributed by atoms with Crippen molar-refractivity contribution < 1.29 is 14.6 Å². The molecule has 0 fully saturated rings. The van der Waals surface area contributed by atoms with E-state index in [1.807, 2.05) is 18.2 Å². The van der Waals surface area contributed by atoms with Crippen molar-refractivity contribution in [1.29, 1.82) is 0 Å². The van der Waals surface area contributed by atoms with Crippen molar-refractivity contribution >= 4 is 5.97 Å². The SMILES string of the molecule is COc1ccc(C(C)C)cc1-c1cc(C(=O)O)nn1C. The molecule has 0 bridgehead atoms. The van der Waals surface area contributed by atoms with Gasteiger partial charge in [0.2, 0.25) is 0 Å². The Balaban J connectivity index is 2.60. The molecule has 5 heteroatoms. The van der Waals surface area contributed by atoms with Gasteiger partial charge in [-0.2, -0.15) is 5.10 Å². The lowest BCUT2D eigenvalue weighted by molar-refractivity contribution is 0.0689. The van der Waals surface area contributed by atoms with Gasteiger partial charge in [-0.05, 0) is 29.7 Å². The van der Waals surface area contributed by atoms with Gasteiger partial charge in [0.1, 0.15) is 5.75 Å². The van der Waals surface area contributed by atoms with Gasteiger partial charge >= 0.3 is 5.97 Å². The molecule has 0 atom stereocenters. The van der Waals surface area contributed by atoms with Crippen molar-refractivity contribution in [2.24, 2.45) is 7.05 Å². The van der Waals surface area contributed by atoms with E-state index in [-0.39, 0.29) is 5.69 Å². The lowest BCUT2D eigenvalue weighted by atomic mass is 9.99. The highest BCUT2D eigenvalue weighted by Gasteiger charge is 2.16. The molecular weight excluding hydrogens is 256 g/mol. The van der Waals surface area contributed by atoms with Crippen LogP contribution >= 0.6 is 0 Å². The van der Waals surface area contributed by atoms with E-state index in [4.69, 9.17) is 9.84 Å². The minimum absolute atomic E-state index is 0.0273. The Labute approximate surface area is 117 Å². The second kappa shape index (κ2) is 5.36. The summed E-state index contributed by atoms with van der Waals surface area (Å²) in [5, 5.41) is 13.0. The normalized spacial score (nSPS) is 10.8. The van der Waals surface area contributed by atoms with Crippen molar-refractivity contribution in [1.82, 2.24) is 9.78 Å². The van der Waals surface area contributed by atoms with Crippen LogP contribution in [0.15, 0.2) is 24.3 Å². The number of rotatable bonds is 4. The molecular formula is C15H18N2O3. The quantitative estimate of drug-likeness (QED) is 0.931. The van der Waals surface area contributed by atoms with Crippen LogP contribution in [0.3, 0.4) is 0 Å². The van der Waals surface area contributed by atoms with Gasteiger partial charge in [-0.25, -0.2) is 4.79 Å². The molecule has 1 heterocycles. The predicted octanol–water partition coefficient (Wildman–Crippen LogP) is 2.92. The van der Waals surface area contributed by atoms with E-state index in [0.29, 0.717) is 11.7 Å². The number of nitrogens with zero attached hydrogens (tertiary/aromatic N) is 2. The maximum Gasteiger partial charge on any atom is 0.356 e. The number of benzene rings is 1. The molecule has 0 radical (unpaired) electrons. The Morgan fingerprint density at radius 2 is 2.05 bits per heavy atom. The number of carboxylic acids is 1. The van der Waals surface area contributed by atoms with E-state index in [1.54, 1.807) is 24.9 Å². The predicted molar refractivity (Wildman–Crippen MR) is 76.2 cm³/mol. The topological polar surface area (TPSA) is 64.3 Å². The Bertz CT molecular complexity index is 645. The zero-order valence-corrected chi connectivity index (χ0v) is 12.0. The highest BCUT2D eigenvalue weighted by atomic mass is 16.5. The number of carboxylic acid groups (broad SMARTS) is 1. The fourth-order valence-electron chi connectivity index (χ4n) is 2.11. The number of methoxy groups -OCH3 is 1. The molecule has 0 unspecified atom stereocenters. The molecule has 0 saturated heterocycles. The van der Waals surface area contributed by atoms with Gasteiger partial charge in [-0.3, -0.25) is 4.68 Å². The molecule has 1 N–H and O–H groups in total. The number of carbonyl (C=O) groups is 1. The summed E-state index contributed by atoms with van der Waals surface area (Å²) in [5.74, 6) is 0.0481. The van der Waals surface area contributed by atoms with Gasteiger partial charge in [0.15, 0.2) is 5.69 Å². The van der Waals surface area contributed by atoms with Crippen molar-refractivity contribution in [2.75, 3.05) is 7.11 Å². The van der Waals surface area contributed by atoms with Crippen molar-refractivity contribution in [3.63, 3.8) is 0 Å². The van der Waals surface area contributed by atoms with Crippen molar-refractivity contribution in [3.05, 3.63) is 35.5 Å². The van der Waals surface area contributed by atoms with Crippen LogP contribution in [0, 0.1) is 0 Å². The summed E-state index contributed by atoms with van der Waals surface area (Å²) >= 11 is 0. The summed E-state index contributed by atoms with van der Waals surface area (Å²) in [6, 6.07) is 7.50. The summed E-state index contributed by atoms with van der Waals surface area (Å²) in [7, 11) is 3.33. The van der Waals surface area contributed by atoms with Crippen molar-refractivity contribution in [2.45, 2.75) is 19.8 Å². The molecule has 2 rings (SSSR count). The summed E-state index contributed by atoms with van der Waals surface area (Å²) in [5.41, 5.74) is 2.77. The average molecular weight is 274 g/mol. The van der Waals surface area contributed by atoms with Crippen LogP contribution in [0.4, 0.5) is 0 Å². The molecule has 0 aliphatic rings. The maximum atomic E-state index is 11.0. The van der Waals surface area contributed by atoms with E-state index < -0.39 is 5.97 Å². The van der Waals surface area contributed by atoms with Crippen LogP contribution in [-0.4, -0.2) is 28.0 Å². The third-order valence-corrected chi connectivity index (χ3v) is 3.27. The Morgan fingerprint density at radius 3 is 2.55 bits per heavy atom. The Kier molecular flexibility index (Phi) is 3.79. The Morgan fingerprint density at radius 1 is 1.35 bits per heavy atom. The van der Waals surface area contributed by atoms with Crippen LogP contribution in [-0.2, 0) is 7.05 Å². The molecule has 0 aliphatic carbocycles. The molecule has 2 aromatic rings. The van der Waals surface area contributed by atoms with Gasteiger partial charge < -0.3 is 9.84 Å². The summed E-state index contributed by atoms with van der Waals surface area (Å²) in [6.45, 7) is 4.22. The van der Waals surface area contributed by atoms with E-state index in [9.17, 15) is 4.79 Å². The van der Waals surface area contributed by atoms with Crippen LogP contribution in [0.25, 0.3) is 11.3 Å². The van der Waals surface area contributed by atoms with Gasteiger partial charge in [0.25, 0.3) is 0 Å². The molecule has 0 saturated carbocycles. The smallest absolute Gasteiger partial charge is 0.356 e. The molecule has 20 heavy (non-hydrogen) atoms. The van der Waals surface area contributed by atoms with Gasteiger partial charge in [0, 0.05) is 12.6 Å². The van der Waals surface area contributed by atoms with Crippen LogP contribution < -0.4 is 4.74 Å². The third-order valence-electron chi connectivity index (χ3n) is 3.27. The van der Waals surface area contributed by atoms with E-state index in [1.165, 1.54) is 5.56 Å². The fraction of sp³-hybridized carbons (Fsp3) is 0.333. The van der Waals surface area contributed by atoms with E-state index in [0.717, 1.165) is 11.3 Å². The number of hydrogen-bond acceptors (Lipinski definition) is 3. The monoisotopic (exact) mass is 274 g/mol. The summed E-state index contributed by atoms with van der Waals surface area (Å²) in [4.78, 5) is 11.0. The van der Waals surface area contributed by atoms with Gasteiger partial charge in [-0.15, -0.1) is 0 Å². The van der Waals surface area contributed by atoms with Gasteiger partial charge in [-0.1, -0.05) is 19.9 Å². The summed E-state index contributed by atoms with van der Waals surface area (Å²) in [6.07, 6.45) is 0. The molecule has 0 aliphatic heterocycles. The number of ether oxygens (including phenoxy) is 1. The first-order valence-electron chi connectivity index (χ1n) is 6.39. The number of hydrogen-bond donors (Lipinski definition) is 1. The molecule has 0 amide bonds. The van der Waals surface area contributed by atoms with Crippen LogP contribution in [0.5, 0.6) is 5.75 Å². The number of aromatic carboxylic acids is 1. The largest absolute Gasteiger partial charge is 0.496 e. The zero-order valence-electron chi connectivity index (χ0n) is 12.0. The zero-order chi connectivity index (χ0) is 14.9. The molecule has 5 nitrogen and oxygen atoms in total. The van der Waals surface area contributed by atoms with Crippen LogP contribution in [0.1, 0.15) is 35.8 Å². The Hall–Kier alpha value is -2.30. The lowest BCUT2D eigenvalue weighted by Crippen LogP contribution is -2.00. The standard InChI is InChI=1S/C15H18N2O3/c1-9(2)10-5-6-14(20-4)11(7-10)13-8-12(15(18)19)16-17(13)3/h5-9H,1-4H3,(H,18,19). The van der Waals surface area contributed by atoms with E-state index >= 15 is 0 Å². The number of aromatic nitrogens is 2. The maximum absolute atomic E-state index is 11.0. The minimum Gasteiger partial charge on any atom is -0.496 e. The molecule has 0 spiro atoms. The first kappa shape index (κ1) is 14.1. The lowest BCUT2D eigenvalue weighted by Gasteiger charge is -2.12. The highest BCUT2D eigenvalue weighted by Crippen LogP contribution is 2.33. The molecule has 106 valence electrons. The highest BCUT2D eigenvalue weighted by molar-refractivity contribution is 5.87. The first-order valence-corrected chi connectivity index (χ1v) is 6.39.